The molecule has 0 bridgehead atoms. The average molecular weight is 529 g/mol. The van der Waals surface area contributed by atoms with E-state index in [4.69, 9.17) is 0 Å². The smallest absolute Gasteiger partial charge is 0.261 e. The van der Waals surface area contributed by atoms with Crippen molar-refractivity contribution in [2.45, 2.75) is 12.8 Å². The fraction of sp³-hybridized carbons (Fsp3) is 0.300. The Hall–Kier alpha value is -2.14. The monoisotopic (exact) mass is 529 g/mol. The first-order valence-corrected chi connectivity index (χ1v) is 10.1. The van der Waals surface area contributed by atoms with E-state index in [2.05, 4.69) is 25.9 Å². The molecule has 3 aromatic rings. The molecular formula is C20H25FIN5OS. The molecular weight excluding hydrogens is 504 g/mol. The maximum Gasteiger partial charge on any atom is 0.261 e. The Morgan fingerprint density at radius 2 is 1.97 bits per heavy atom. The number of carbonyl (C=O) groups is 1. The molecule has 6 nitrogen and oxygen atoms in total. The van der Waals surface area contributed by atoms with Crippen molar-refractivity contribution >= 4 is 58.1 Å². The van der Waals surface area contributed by atoms with E-state index in [9.17, 15) is 9.18 Å². The van der Waals surface area contributed by atoms with Crippen LogP contribution in [0, 0.1) is 5.82 Å². The van der Waals surface area contributed by atoms with E-state index < -0.39 is 0 Å². The van der Waals surface area contributed by atoms with Crippen LogP contribution in [0.25, 0.3) is 10.9 Å². The Bertz CT molecular complexity index is 942. The number of rotatable bonds is 8. The van der Waals surface area contributed by atoms with Gasteiger partial charge in [0.15, 0.2) is 5.96 Å². The molecule has 0 atom stereocenters. The first-order valence-electron chi connectivity index (χ1n) is 9.19. The summed E-state index contributed by atoms with van der Waals surface area (Å²) in [4.78, 5) is 19.9. The van der Waals surface area contributed by atoms with Gasteiger partial charge < -0.3 is 20.9 Å². The van der Waals surface area contributed by atoms with Gasteiger partial charge in [0, 0.05) is 43.8 Å². The van der Waals surface area contributed by atoms with Crippen LogP contribution in [0.3, 0.4) is 0 Å². The lowest BCUT2D eigenvalue weighted by Gasteiger charge is -2.12. The van der Waals surface area contributed by atoms with Crippen LogP contribution in [0.15, 0.2) is 46.9 Å². The third-order valence-electron chi connectivity index (χ3n) is 4.32. The molecule has 156 valence electrons. The number of hydrogen-bond donors (Lipinski definition) is 4. The maximum absolute atomic E-state index is 13.3. The van der Waals surface area contributed by atoms with Crippen LogP contribution < -0.4 is 16.0 Å². The van der Waals surface area contributed by atoms with Crippen LogP contribution in [0.4, 0.5) is 4.39 Å². The Balaban J connectivity index is 0.00000300. The minimum Gasteiger partial charge on any atom is -0.361 e. The van der Waals surface area contributed by atoms with Gasteiger partial charge in [0.05, 0.1) is 4.88 Å². The molecule has 0 aliphatic carbocycles. The van der Waals surface area contributed by atoms with Crippen molar-refractivity contribution in [1.29, 1.82) is 0 Å². The molecule has 1 aromatic carbocycles. The fourth-order valence-electron chi connectivity index (χ4n) is 2.89. The summed E-state index contributed by atoms with van der Waals surface area (Å²) in [5.41, 5.74) is 1.94. The number of nitrogens with zero attached hydrogens (tertiary/aromatic N) is 1. The van der Waals surface area contributed by atoms with E-state index >= 15 is 0 Å². The summed E-state index contributed by atoms with van der Waals surface area (Å²) in [7, 11) is 1.72. The third-order valence-corrected chi connectivity index (χ3v) is 5.19. The number of fused-ring (bicyclic) bond motifs is 1. The van der Waals surface area contributed by atoms with Gasteiger partial charge in [-0.1, -0.05) is 6.07 Å². The van der Waals surface area contributed by atoms with Gasteiger partial charge in [-0.15, -0.1) is 35.3 Å². The number of H-pyrrole nitrogens is 1. The lowest BCUT2D eigenvalue weighted by molar-refractivity contribution is 0.0957. The second-order valence-electron chi connectivity index (χ2n) is 6.27. The summed E-state index contributed by atoms with van der Waals surface area (Å²) in [6, 6.07) is 8.46. The number of nitrogens with one attached hydrogen (secondary N) is 4. The highest BCUT2D eigenvalue weighted by molar-refractivity contribution is 14.0. The standard InChI is InChI=1S/C20H24FN5OS.HI/c1-22-20(24-9-3-8-23-19(27)18-4-2-11-28-18)25-10-7-14-13-26-17-12-15(21)5-6-16(14)17;/h2,4-6,11-13,26H,3,7-10H2,1H3,(H,23,27)(H2,22,24,25);1H. The summed E-state index contributed by atoms with van der Waals surface area (Å²) in [6.07, 6.45) is 3.51. The molecule has 0 unspecified atom stereocenters. The molecule has 0 radical (unpaired) electrons. The van der Waals surface area contributed by atoms with E-state index in [1.54, 1.807) is 13.1 Å². The van der Waals surface area contributed by atoms with Crippen molar-refractivity contribution in [1.82, 2.24) is 20.9 Å². The van der Waals surface area contributed by atoms with Crippen LogP contribution in [-0.4, -0.2) is 43.5 Å². The van der Waals surface area contributed by atoms with Gasteiger partial charge in [-0.05, 0) is 48.1 Å². The van der Waals surface area contributed by atoms with Crippen molar-refractivity contribution in [3.8, 4) is 0 Å². The minimum absolute atomic E-state index is 0. The Morgan fingerprint density at radius 3 is 2.72 bits per heavy atom. The summed E-state index contributed by atoms with van der Waals surface area (Å²) < 4.78 is 13.3. The van der Waals surface area contributed by atoms with Gasteiger partial charge in [-0.25, -0.2) is 4.39 Å². The molecule has 2 aromatic heterocycles. The Kier molecular flexibility index (Phi) is 9.39. The van der Waals surface area contributed by atoms with Crippen LogP contribution in [0.1, 0.15) is 21.7 Å². The normalized spacial score (nSPS) is 11.2. The van der Waals surface area contributed by atoms with Crippen LogP contribution >= 0.6 is 35.3 Å². The predicted octanol–water partition coefficient (Wildman–Crippen LogP) is 3.51. The number of amides is 1. The van der Waals surface area contributed by atoms with Crippen molar-refractivity contribution in [3.63, 3.8) is 0 Å². The number of thiophene rings is 1. The van der Waals surface area contributed by atoms with Gasteiger partial charge in [-0.3, -0.25) is 9.79 Å². The first kappa shape index (κ1) is 23.1. The highest BCUT2D eigenvalue weighted by atomic mass is 127. The number of carbonyl (C=O) groups excluding carboxylic acids is 1. The summed E-state index contributed by atoms with van der Waals surface area (Å²) >= 11 is 1.43. The van der Waals surface area contributed by atoms with Crippen molar-refractivity contribution < 1.29 is 9.18 Å². The van der Waals surface area contributed by atoms with Crippen LogP contribution in [-0.2, 0) is 6.42 Å². The minimum atomic E-state index is -0.241. The molecule has 1 amide bonds. The SMILES string of the molecule is CN=C(NCCCNC(=O)c1cccs1)NCCc1c[nH]c2cc(F)ccc12.I. The largest absolute Gasteiger partial charge is 0.361 e. The Morgan fingerprint density at radius 1 is 1.17 bits per heavy atom. The van der Waals surface area contributed by atoms with Crippen LogP contribution in [0.5, 0.6) is 0 Å². The van der Waals surface area contributed by atoms with E-state index in [0.29, 0.717) is 19.6 Å². The number of guanidine groups is 1. The molecule has 2 heterocycles. The number of hydrogen-bond acceptors (Lipinski definition) is 3. The number of benzene rings is 1. The van der Waals surface area contributed by atoms with E-state index in [-0.39, 0.29) is 35.7 Å². The lowest BCUT2D eigenvalue weighted by Crippen LogP contribution is -2.39. The van der Waals surface area contributed by atoms with Crippen molar-refractivity contribution in [2.75, 3.05) is 26.7 Å². The maximum atomic E-state index is 13.3. The second kappa shape index (κ2) is 11.8. The van der Waals surface area contributed by atoms with Crippen molar-refractivity contribution in [3.05, 3.63) is 58.2 Å². The van der Waals surface area contributed by atoms with Gasteiger partial charge in [0.1, 0.15) is 5.82 Å². The summed E-state index contributed by atoms with van der Waals surface area (Å²) in [5, 5.41) is 12.3. The third kappa shape index (κ3) is 6.70. The lowest BCUT2D eigenvalue weighted by atomic mass is 10.1. The van der Waals surface area contributed by atoms with E-state index in [0.717, 1.165) is 40.1 Å². The van der Waals surface area contributed by atoms with Gasteiger partial charge >= 0.3 is 0 Å². The second-order valence-corrected chi connectivity index (χ2v) is 7.21. The van der Waals surface area contributed by atoms with E-state index in [1.165, 1.54) is 23.5 Å². The molecule has 0 fully saturated rings. The molecule has 0 aliphatic rings. The van der Waals surface area contributed by atoms with Gasteiger partial charge in [0.2, 0.25) is 0 Å². The zero-order valence-corrected chi connectivity index (χ0v) is 19.3. The fourth-order valence-corrected chi connectivity index (χ4v) is 3.53. The number of halogens is 2. The van der Waals surface area contributed by atoms with Gasteiger partial charge in [-0.2, -0.15) is 0 Å². The van der Waals surface area contributed by atoms with E-state index in [1.807, 2.05) is 23.7 Å². The number of aliphatic imine (C=N–C) groups is 1. The zero-order valence-electron chi connectivity index (χ0n) is 16.1. The molecule has 0 aliphatic heterocycles. The van der Waals surface area contributed by atoms with Crippen molar-refractivity contribution in [2.24, 2.45) is 4.99 Å². The quantitative estimate of drug-likeness (QED) is 0.156. The molecule has 9 heteroatoms. The molecule has 0 saturated heterocycles. The highest BCUT2D eigenvalue weighted by Gasteiger charge is 2.06. The summed E-state index contributed by atoms with van der Waals surface area (Å²) in [6.45, 7) is 2.02. The Labute approximate surface area is 190 Å². The predicted molar refractivity (Wildman–Crippen MR) is 128 cm³/mol. The summed E-state index contributed by atoms with van der Waals surface area (Å²) in [5.74, 6) is 0.446. The van der Waals surface area contributed by atoms with Crippen LogP contribution in [0.2, 0.25) is 0 Å². The van der Waals surface area contributed by atoms with Gasteiger partial charge in [0.25, 0.3) is 5.91 Å². The topological polar surface area (TPSA) is 81.3 Å². The molecule has 3 rings (SSSR count). The molecule has 0 spiro atoms. The average Bonchev–Trinajstić information content (AvgIpc) is 3.36. The number of aromatic nitrogens is 1. The number of aromatic amines is 1. The molecule has 4 N–H and O–H groups in total. The molecule has 29 heavy (non-hydrogen) atoms. The first-order chi connectivity index (χ1) is 13.7. The zero-order chi connectivity index (χ0) is 19.8. The molecule has 0 saturated carbocycles. The highest BCUT2D eigenvalue weighted by Crippen LogP contribution is 2.19.